The monoisotopic (exact) mass is 233 g/mol. The van der Waals surface area contributed by atoms with Gasteiger partial charge in [0.05, 0.1) is 0 Å². The maximum Gasteiger partial charge on any atom is 0.0352 e. The summed E-state index contributed by atoms with van der Waals surface area (Å²) in [5, 5.41) is 0. The smallest absolute Gasteiger partial charge is 0.0352 e. The van der Waals surface area contributed by atoms with E-state index in [0.717, 1.165) is 5.92 Å². The summed E-state index contributed by atoms with van der Waals surface area (Å²) in [5.41, 5.74) is 8.69. The molecule has 0 spiro atoms. The van der Waals surface area contributed by atoms with Crippen molar-refractivity contribution in [2.75, 3.05) is 0 Å². The van der Waals surface area contributed by atoms with E-state index in [-0.39, 0.29) is 11.0 Å². The van der Waals surface area contributed by atoms with Gasteiger partial charge in [-0.05, 0) is 42.7 Å². The SMILES string of the molecule is CC(C)CC(C)(C)c1ccc(C(C)(C)N)cc1. The molecule has 17 heavy (non-hydrogen) atoms. The van der Waals surface area contributed by atoms with Crippen LogP contribution in [-0.4, -0.2) is 0 Å². The van der Waals surface area contributed by atoms with Crippen LogP contribution < -0.4 is 5.73 Å². The molecular weight excluding hydrogens is 206 g/mol. The molecule has 96 valence electrons. The second kappa shape index (κ2) is 4.81. The van der Waals surface area contributed by atoms with E-state index in [1.54, 1.807) is 0 Å². The van der Waals surface area contributed by atoms with E-state index < -0.39 is 0 Å². The molecule has 0 radical (unpaired) electrons. The highest BCUT2D eigenvalue weighted by atomic mass is 14.7. The van der Waals surface area contributed by atoms with Crippen molar-refractivity contribution in [3.63, 3.8) is 0 Å². The van der Waals surface area contributed by atoms with Gasteiger partial charge in [-0.25, -0.2) is 0 Å². The summed E-state index contributed by atoms with van der Waals surface area (Å²) in [7, 11) is 0. The molecule has 0 aliphatic rings. The minimum Gasteiger partial charge on any atom is -0.322 e. The molecular formula is C16H27N. The number of hydrogen-bond acceptors (Lipinski definition) is 1. The fourth-order valence-corrected chi connectivity index (χ4v) is 2.49. The van der Waals surface area contributed by atoms with Crippen molar-refractivity contribution >= 4 is 0 Å². The van der Waals surface area contributed by atoms with E-state index >= 15 is 0 Å². The molecule has 0 saturated carbocycles. The van der Waals surface area contributed by atoms with Crippen LogP contribution in [0.1, 0.15) is 59.1 Å². The van der Waals surface area contributed by atoms with E-state index in [1.807, 2.05) is 13.8 Å². The second-order valence-electron chi connectivity index (χ2n) is 6.78. The van der Waals surface area contributed by atoms with Crippen molar-refractivity contribution in [1.29, 1.82) is 0 Å². The standard InChI is InChI=1S/C16H27N/c1-12(2)11-15(3,4)13-7-9-14(10-8-13)16(5,6)17/h7-10,12H,11,17H2,1-6H3. The summed E-state index contributed by atoms with van der Waals surface area (Å²) in [6.45, 7) is 13.3. The minimum atomic E-state index is -0.249. The van der Waals surface area contributed by atoms with Crippen LogP contribution in [0.2, 0.25) is 0 Å². The molecule has 1 rings (SSSR count). The molecule has 1 heteroatoms. The fraction of sp³-hybridized carbons (Fsp3) is 0.625. The molecule has 2 N–H and O–H groups in total. The highest BCUT2D eigenvalue weighted by Crippen LogP contribution is 2.31. The van der Waals surface area contributed by atoms with Crippen LogP contribution in [0, 0.1) is 5.92 Å². The predicted octanol–water partition coefficient (Wildman–Crippen LogP) is 4.20. The lowest BCUT2D eigenvalue weighted by atomic mass is 9.77. The molecule has 0 fully saturated rings. The van der Waals surface area contributed by atoms with Crippen molar-refractivity contribution in [2.24, 2.45) is 11.7 Å². The molecule has 0 saturated heterocycles. The van der Waals surface area contributed by atoms with Gasteiger partial charge in [0.25, 0.3) is 0 Å². The zero-order chi connectivity index (χ0) is 13.3. The van der Waals surface area contributed by atoms with Gasteiger partial charge in [-0.1, -0.05) is 52.0 Å². The maximum absolute atomic E-state index is 6.10. The zero-order valence-corrected chi connectivity index (χ0v) is 12.2. The van der Waals surface area contributed by atoms with Crippen LogP contribution in [0.15, 0.2) is 24.3 Å². The zero-order valence-electron chi connectivity index (χ0n) is 12.2. The third-order valence-corrected chi connectivity index (χ3v) is 3.33. The molecule has 0 amide bonds. The first-order valence-corrected chi connectivity index (χ1v) is 6.53. The van der Waals surface area contributed by atoms with Gasteiger partial charge in [0.2, 0.25) is 0 Å². The van der Waals surface area contributed by atoms with Crippen LogP contribution in [-0.2, 0) is 11.0 Å². The highest BCUT2D eigenvalue weighted by molar-refractivity contribution is 5.31. The van der Waals surface area contributed by atoms with Crippen molar-refractivity contribution in [2.45, 2.75) is 58.9 Å². The normalized spacial score (nSPS) is 13.2. The summed E-state index contributed by atoms with van der Waals surface area (Å²) in [6, 6.07) is 8.79. The maximum atomic E-state index is 6.10. The molecule has 1 nitrogen and oxygen atoms in total. The Balaban J connectivity index is 2.94. The molecule has 0 atom stereocenters. The molecule has 0 aliphatic carbocycles. The lowest BCUT2D eigenvalue weighted by Crippen LogP contribution is -2.28. The number of hydrogen-bond donors (Lipinski definition) is 1. The summed E-state index contributed by atoms with van der Waals surface area (Å²) in [4.78, 5) is 0. The average molecular weight is 233 g/mol. The topological polar surface area (TPSA) is 26.0 Å². The molecule has 0 aliphatic heterocycles. The van der Waals surface area contributed by atoms with Crippen LogP contribution in [0.5, 0.6) is 0 Å². The average Bonchev–Trinajstić information content (AvgIpc) is 2.14. The van der Waals surface area contributed by atoms with Gasteiger partial charge in [0.15, 0.2) is 0 Å². The Hall–Kier alpha value is -0.820. The summed E-state index contributed by atoms with van der Waals surface area (Å²) >= 11 is 0. The molecule has 0 unspecified atom stereocenters. The van der Waals surface area contributed by atoms with Gasteiger partial charge in [-0.2, -0.15) is 0 Å². The third-order valence-electron chi connectivity index (χ3n) is 3.33. The summed E-state index contributed by atoms with van der Waals surface area (Å²) in [5.74, 6) is 0.718. The molecule has 0 heterocycles. The second-order valence-corrected chi connectivity index (χ2v) is 6.78. The Morgan fingerprint density at radius 3 is 1.71 bits per heavy atom. The van der Waals surface area contributed by atoms with E-state index in [4.69, 9.17) is 5.73 Å². The van der Waals surface area contributed by atoms with Gasteiger partial charge < -0.3 is 5.73 Å². The first-order chi connectivity index (χ1) is 7.63. The Labute approximate surface area is 106 Å². The Kier molecular flexibility index (Phi) is 4.03. The van der Waals surface area contributed by atoms with Gasteiger partial charge in [-0.15, -0.1) is 0 Å². The first-order valence-electron chi connectivity index (χ1n) is 6.53. The first kappa shape index (κ1) is 14.2. The highest BCUT2D eigenvalue weighted by Gasteiger charge is 2.22. The largest absolute Gasteiger partial charge is 0.322 e. The van der Waals surface area contributed by atoms with Gasteiger partial charge in [0, 0.05) is 5.54 Å². The Morgan fingerprint density at radius 1 is 0.941 bits per heavy atom. The van der Waals surface area contributed by atoms with E-state index in [2.05, 4.69) is 52.0 Å². The fourth-order valence-electron chi connectivity index (χ4n) is 2.49. The Bertz CT molecular complexity index is 352. The summed E-state index contributed by atoms with van der Waals surface area (Å²) in [6.07, 6.45) is 1.21. The number of benzene rings is 1. The van der Waals surface area contributed by atoms with E-state index in [1.165, 1.54) is 17.5 Å². The molecule has 0 aromatic heterocycles. The predicted molar refractivity (Wildman–Crippen MR) is 76.1 cm³/mol. The summed E-state index contributed by atoms with van der Waals surface area (Å²) < 4.78 is 0. The number of nitrogens with two attached hydrogens (primary N) is 1. The number of rotatable bonds is 4. The van der Waals surface area contributed by atoms with Gasteiger partial charge >= 0.3 is 0 Å². The van der Waals surface area contributed by atoms with Crippen LogP contribution >= 0.6 is 0 Å². The Morgan fingerprint density at radius 2 is 1.35 bits per heavy atom. The van der Waals surface area contributed by atoms with Crippen LogP contribution in [0.3, 0.4) is 0 Å². The van der Waals surface area contributed by atoms with Gasteiger partial charge in [-0.3, -0.25) is 0 Å². The minimum absolute atomic E-state index is 0.242. The molecule has 1 aromatic carbocycles. The lowest BCUT2D eigenvalue weighted by Gasteiger charge is -2.28. The van der Waals surface area contributed by atoms with E-state index in [0.29, 0.717) is 0 Å². The quantitative estimate of drug-likeness (QED) is 0.828. The van der Waals surface area contributed by atoms with Crippen LogP contribution in [0.4, 0.5) is 0 Å². The van der Waals surface area contributed by atoms with Crippen molar-refractivity contribution in [1.82, 2.24) is 0 Å². The van der Waals surface area contributed by atoms with Crippen molar-refractivity contribution in [3.05, 3.63) is 35.4 Å². The van der Waals surface area contributed by atoms with Crippen LogP contribution in [0.25, 0.3) is 0 Å². The van der Waals surface area contributed by atoms with Crippen molar-refractivity contribution < 1.29 is 0 Å². The molecule has 1 aromatic rings. The molecule has 0 bridgehead atoms. The third kappa shape index (κ3) is 3.85. The van der Waals surface area contributed by atoms with Crippen molar-refractivity contribution in [3.8, 4) is 0 Å². The van der Waals surface area contributed by atoms with Gasteiger partial charge in [0.1, 0.15) is 0 Å². The lowest BCUT2D eigenvalue weighted by molar-refractivity contribution is 0.399. The van der Waals surface area contributed by atoms with E-state index in [9.17, 15) is 0 Å².